The standard InChI is InChI=1S/C18H18ClN5O5/c1-7-6-24-11-4-12-13(8(2)23-29-12)20-10(11)5-17(18(24,19)9(3)28-7)14(25)21-16(27)22-15(17)26/h4,7,9H,5-6H2,1-3H3,(H2,21,22,25,26,27)/t7-,9+,18+/m1/s1. The number of carbonyl (C=O) groups excluding carboxylic acids is 3. The van der Waals surface area contributed by atoms with E-state index >= 15 is 0 Å². The van der Waals surface area contributed by atoms with Gasteiger partial charge in [0.25, 0.3) is 0 Å². The fourth-order valence-electron chi connectivity index (χ4n) is 4.73. The zero-order valence-electron chi connectivity index (χ0n) is 15.9. The molecule has 0 bridgehead atoms. The smallest absolute Gasteiger partial charge is 0.328 e. The number of alkyl halides is 1. The molecule has 0 saturated carbocycles. The SMILES string of the molecule is Cc1noc2cc3c(nc12)CC1(C(=O)NC(=O)NC1=O)[C@]1(Cl)[C@H](C)O[C@H](C)CN31. The first-order chi connectivity index (χ1) is 13.7. The van der Waals surface area contributed by atoms with Crippen LogP contribution >= 0.6 is 11.6 Å². The van der Waals surface area contributed by atoms with Gasteiger partial charge in [0.05, 0.1) is 23.6 Å². The minimum absolute atomic E-state index is 0.101. The molecule has 3 atom stereocenters. The van der Waals surface area contributed by atoms with Crippen LogP contribution < -0.4 is 15.5 Å². The van der Waals surface area contributed by atoms with E-state index in [1.54, 1.807) is 24.8 Å². The molecule has 0 radical (unpaired) electrons. The first kappa shape index (κ1) is 18.3. The summed E-state index contributed by atoms with van der Waals surface area (Å²) in [6.07, 6.45) is -1.03. The first-order valence-corrected chi connectivity index (χ1v) is 9.61. The van der Waals surface area contributed by atoms with Crippen molar-refractivity contribution in [1.29, 1.82) is 0 Å². The van der Waals surface area contributed by atoms with Gasteiger partial charge in [-0.3, -0.25) is 20.2 Å². The number of anilines is 1. The number of aryl methyl sites for hydroxylation is 1. The van der Waals surface area contributed by atoms with Crippen molar-refractivity contribution in [2.45, 2.75) is 44.4 Å². The monoisotopic (exact) mass is 419 g/mol. The third-order valence-corrected chi connectivity index (χ3v) is 6.86. The molecule has 2 aromatic rings. The molecule has 29 heavy (non-hydrogen) atoms. The number of amides is 4. The fourth-order valence-corrected chi connectivity index (χ4v) is 5.18. The van der Waals surface area contributed by atoms with Crippen LogP contribution in [0.4, 0.5) is 10.5 Å². The summed E-state index contributed by atoms with van der Waals surface area (Å²) < 4.78 is 11.3. The average molecular weight is 420 g/mol. The maximum atomic E-state index is 13.2. The average Bonchev–Trinajstić information content (AvgIpc) is 3.00. The van der Waals surface area contributed by atoms with Crippen molar-refractivity contribution >= 4 is 46.2 Å². The molecule has 0 aromatic carbocycles. The van der Waals surface area contributed by atoms with Gasteiger partial charge in [-0.15, -0.1) is 0 Å². The van der Waals surface area contributed by atoms with E-state index in [0.717, 1.165) is 0 Å². The van der Waals surface area contributed by atoms with Crippen molar-refractivity contribution in [1.82, 2.24) is 20.8 Å². The Balaban J connectivity index is 1.81. The predicted molar refractivity (Wildman–Crippen MR) is 100 cm³/mol. The zero-order valence-corrected chi connectivity index (χ0v) is 16.7. The number of hydrogen-bond donors (Lipinski definition) is 2. The second kappa shape index (κ2) is 5.67. The van der Waals surface area contributed by atoms with Gasteiger partial charge in [-0.2, -0.15) is 0 Å². The number of barbiturate groups is 1. The lowest BCUT2D eigenvalue weighted by molar-refractivity contribution is -0.157. The minimum atomic E-state index is -1.82. The van der Waals surface area contributed by atoms with Crippen LogP contribution in [-0.4, -0.2) is 51.7 Å². The Hall–Kier alpha value is -2.72. The van der Waals surface area contributed by atoms with E-state index in [4.69, 9.17) is 20.9 Å². The highest BCUT2D eigenvalue weighted by Gasteiger charge is 2.72. The third-order valence-electron chi connectivity index (χ3n) is 6.03. The molecular weight excluding hydrogens is 402 g/mol. The van der Waals surface area contributed by atoms with Crippen molar-refractivity contribution in [2.24, 2.45) is 5.41 Å². The Morgan fingerprint density at radius 3 is 2.62 bits per heavy atom. The second-order valence-electron chi connectivity index (χ2n) is 7.76. The molecule has 3 aliphatic rings. The summed E-state index contributed by atoms with van der Waals surface area (Å²) in [4.78, 5) is 42.9. The van der Waals surface area contributed by atoms with E-state index in [9.17, 15) is 14.4 Å². The highest BCUT2D eigenvalue weighted by molar-refractivity contribution is 6.34. The molecule has 2 saturated heterocycles. The second-order valence-corrected chi connectivity index (χ2v) is 8.34. The summed E-state index contributed by atoms with van der Waals surface area (Å²) in [5.41, 5.74) is 0.949. The molecule has 10 nitrogen and oxygen atoms in total. The summed E-state index contributed by atoms with van der Waals surface area (Å²) in [6, 6.07) is 0.898. The Morgan fingerprint density at radius 2 is 1.93 bits per heavy atom. The van der Waals surface area contributed by atoms with Gasteiger partial charge in [-0.25, -0.2) is 9.78 Å². The van der Waals surface area contributed by atoms with Crippen LogP contribution in [0.2, 0.25) is 0 Å². The van der Waals surface area contributed by atoms with Crippen LogP contribution in [0.25, 0.3) is 11.1 Å². The molecule has 5 rings (SSSR count). The number of urea groups is 1. The largest absolute Gasteiger partial charge is 0.370 e. The number of rotatable bonds is 0. The van der Waals surface area contributed by atoms with E-state index < -0.39 is 34.4 Å². The Morgan fingerprint density at radius 1 is 1.24 bits per heavy atom. The van der Waals surface area contributed by atoms with Crippen LogP contribution in [0, 0.1) is 12.3 Å². The number of aromatic nitrogens is 2. The van der Waals surface area contributed by atoms with E-state index in [1.807, 2.05) is 6.92 Å². The van der Waals surface area contributed by atoms with Gasteiger partial charge in [-0.1, -0.05) is 16.8 Å². The predicted octanol–water partition coefficient (Wildman–Crippen LogP) is 0.988. The molecule has 2 aromatic heterocycles. The first-order valence-electron chi connectivity index (χ1n) is 9.23. The maximum Gasteiger partial charge on any atom is 0.328 e. The van der Waals surface area contributed by atoms with Gasteiger partial charge in [0.2, 0.25) is 11.8 Å². The number of pyridine rings is 1. The topological polar surface area (TPSA) is 127 Å². The van der Waals surface area contributed by atoms with Gasteiger partial charge in [0.15, 0.2) is 16.0 Å². The highest BCUT2D eigenvalue weighted by atomic mass is 35.5. The minimum Gasteiger partial charge on any atom is -0.370 e. The van der Waals surface area contributed by atoms with Crippen LogP contribution in [0.1, 0.15) is 25.2 Å². The molecular formula is C18H18ClN5O5. The lowest BCUT2D eigenvalue weighted by atomic mass is 9.67. The number of carbonyl (C=O) groups is 3. The van der Waals surface area contributed by atoms with Crippen molar-refractivity contribution in [3.63, 3.8) is 0 Å². The molecule has 2 fully saturated rings. The molecule has 152 valence electrons. The van der Waals surface area contributed by atoms with Crippen LogP contribution in [0.15, 0.2) is 10.6 Å². The summed E-state index contributed by atoms with van der Waals surface area (Å²) in [5.74, 6) is -1.54. The number of hydrogen-bond acceptors (Lipinski definition) is 8. The van der Waals surface area contributed by atoms with Crippen LogP contribution in [-0.2, 0) is 20.7 Å². The molecule has 2 N–H and O–H groups in total. The Kier molecular flexibility index (Phi) is 3.58. The highest BCUT2D eigenvalue weighted by Crippen LogP contribution is 2.55. The molecule has 5 heterocycles. The van der Waals surface area contributed by atoms with Gasteiger partial charge >= 0.3 is 6.03 Å². The lowest BCUT2D eigenvalue weighted by Gasteiger charge is -2.60. The maximum absolute atomic E-state index is 13.2. The van der Waals surface area contributed by atoms with Gasteiger partial charge in [0, 0.05) is 19.0 Å². The quantitative estimate of drug-likeness (QED) is 0.367. The van der Waals surface area contributed by atoms with Crippen molar-refractivity contribution in [2.75, 3.05) is 11.4 Å². The molecule has 1 spiro atoms. The van der Waals surface area contributed by atoms with E-state index in [2.05, 4.69) is 20.8 Å². The molecule has 3 aliphatic heterocycles. The summed E-state index contributed by atoms with van der Waals surface area (Å²) in [6.45, 7) is 5.66. The summed E-state index contributed by atoms with van der Waals surface area (Å²) >= 11 is 7.14. The molecule has 11 heteroatoms. The lowest BCUT2D eigenvalue weighted by Crippen LogP contribution is -2.80. The number of fused-ring (bicyclic) bond motifs is 5. The number of imide groups is 2. The van der Waals surface area contributed by atoms with Gasteiger partial charge in [-0.05, 0) is 20.8 Å². The van der Waals surface area contributed by atoms with Gasteiger partial charge in [0.1, 0.15) is 11.2 Å². The van der Waals surface area contributed by atoms with Crippen molar-refractivity contribution < 1.29 is 23.6 Å². The van der Waals surface area contributed by atoms with Crippen LogP contribution in [0.5, 0.6) is 0 Å². The molecule has 0 unspecified atom stereocenters. The summed E-state index contributed by atoms with van der Waals surface area (Å²) in [5, 5.41) is 8.34. The number of nitrogens with zero attached hydrogens (tertiary/aromatic N) is 3. The van der Waals surface area contributed by atoms with E-state index in [-0.39, 0.29) is 12.5 Å². The summed E-state index contributed by atoms with van der Waals surface area (Å²) in [7, 11) is 0. The van der Waals surface area contributed by atoms with Crippen molar-refractivity contribution in [3.05, 3.63) is 17.5 Å². The molecule has 0 aliphatic carbocycles. The number of ether oxygens (including phenoxy) is 1. The number of halogens is 1. The van der Waals surface area contributed by atoms with Crippen LogP contribution in [0.3, 0.4) is 0 Å². The van der Waals surface area contributed by atoms with E-state index in [0.29, 0.717) is 34.7 Å². The van der Waals surface area contributed by atoms with Crippen molar-refractivity contribution in [3.8, 4) is 0 Å². The third kappa shape index (κ3) is 2.13. The zero-order chi connectivity index (χ0) is 20.7. The Labute approximate surface area is 169 Å². The number of nitrogens with one attached hydrogen (secondary N) is 2. The van der Waals surface area contributed by atoms with E-state index in [1.165, 1.54) is 0 Å². The molecule has 4 amide bonds. The van der Waals surface area contributed by atoms with Gasteiger partial charge < -0.3 is 14.2 Å². The number of morpholine rings is 1. The normalized spacial score (nSPS) is 30.8. The fraction of sp³-hybridized carbons (Fsp3) is 0.500. The Bertz CT molecular complexity index is 1080.